The highest BCUT2D eigenvalue weighted by Gasteiger charge is 2.36. The Bertz CT molecular complexity index is 326. The van der Waals surface area contributed by atoms with E-state index in [1.165, 1.54) is 12.8 Å². The topological polar surface area (TPSA) is 38.0 Å². The summed E-state index contributed by atoms with van der Waals surface area (Å²) in [6.07, 6.45) is 7.21. The van der Waals surface area contributed by atoms with E-state index in [0.29, 0.717) is 6.42 Å². The molecule has 3 nitrogen and oxygen atoms in total. The van der Waals surface area contributed by atoms with Crippen LogP contribution in [-0.2, 0) is 13.5 Å². The first kappa shape index (κ1) is 10.7. The van der Waals surface area contributed by atoms with Gasteiger partial charge in [0.15, 0.2) is 0 Å². The van der Waals surface area contributed by atoms with Gasteiger partial charge in [0.05, 0.1) is 11.8 Å². The van der Waals surface area contributed by atoms with Crippen LogP contribution in [0.2, 0.25) is 0 Å². The number of aliphatic hydroxyl groups excluding tert-OH is 1. The first-order chi connectivity index (χ1) is 7.10. The van der Waals surface area contributed by atoms with Crippen LogP contribution in [-0.4, -0.2) is 21.0 Å². The zero-order valence-corrected chi connectivity index (χ0v) is 9.61. The molecule has 84 valence electrons. The molecular formula is C12H20N2O. The molecule has 3 heteroatoms. The summed E-state index contributed by atoms with van der Waals surface area (Å²) in [6.45, 7) is 2.20. The molecule has 0 saturated heterocycles. The summed E-state index contributed by atoms with van der Waals surface area (Å²) in [4.78, 5) is 0. The standard InChI is InChI=1S/C12H20N2O/c1-12(6-3-4-7-12)11(15)9-10-5-8-14(2)13-10/h5,8,11,15H,3-4,6-7,9H2,1-2H3. The van der Waals surface area contributed by atoms with Gasteiger partial charge in [-0.05, 0) is 24.3 Å². The van der Waals surface area contributed by atoms with E-state index in [0.717, 1.165) is 18.5 Å². The Kier molecular flexibility index (Phi) is 2.83. The van der Waals surface area contributed by atoms with Gasteiger partial charge in [0, 0.05) is 19.7 Å². The van der Waals surface area contributed by atoms with Gasteiger partial charge in [-0.25, -0.2) is 0 Å². The van der Waals surface area contributed by atoms with E-state index in [1.807, 2.05) is 19.3 Å². The largest absolute Gasteiger partial charge is 0.392 e. The summed E-state index contributed by atoms with van der Waals surface area (Å²) in [6, 6.07) is 1.99. The lowest BCUT2D eigenvalue weighted by Crippen LogP contribution is -2.31. The molecular weight excluding hydrogens is 188 g/mol. The minimum Gasteiger partial charge on any atom is -0.392 e. The number of hydrogen-bond donors (Lipinski definition) is 1. The molecule has 0 aliphatic heterocycles. The summed E-state index contributed by atoms with van der Waals surface area (Å²) >= 11 is 0. The smallest absolute Gasteiger partial charge is 0.0650 e. The molecule has 15 heavy (non-hydrogen) atoms. The summed E-state index contributed by atoms with van der Waals surface area (Å²) < 4.78 is 1.79. The molecule has 1 aliphatic rings. The molecule has 1 saturated carbocycles. The monoisotopic (exact) mass is 208 g/mol. The fourth-order valence-electron chi connectivity index (χ4n) is 2.53. The molecule has 2 rings (SSSR count). The Hall–Kier alpha value is -0.830. The first-order valence-corrected chi connectivity index (χ1v) is 5.77. The van der Waals surface area contributed by atoms with Crippen molar-refractivity contribution in [2.24, 2.45) is 12.5 Å². The van der Waals surface area contributed by atoms with Gasteiger partial charge in [-0.3, -0.25) is 4.68 Å². The van der Waals surface area contributed by atoms with Gasteiger partial charge < -0.3 is 5.11 Å². The maximum absolute atomic E-state index is 10.2. The van der Waals surface area contributed by atoms with Crippen LogP contribution in [0.1, 0.15) is 38.3 Å². The quantitative estimate of drug-likeness (QED) is 0.824. The van der Waals surface area contributed by atoms with E-state index in [4.69, 9.17) is 0 Å². The van der Waals surface area contributed by atoms with Crippen molar-refractivity contribution in [2.75, 3.05) is 0 Å². The Morgan fingerprint density at radius 3 is 2.73 bits per heavy atom. The van der Waals surface area contributed by atoms with E-state index >= 15 is 0 Å². The van der Waals surface area contributed by atoms with E-state index in [1.54, 1.807) is 4.68 Å². The minimum absolute atomic E-state index is 0.123. The predicted octanol–water partition coefficient (Wildman–Crippen LogP) is 1.90. The normalized spacial score (nSPS) is 21.8. The zero-order valence-electron chi connectivity index (χ0n) is 9.61. The van der Waals surface area contributed by atoms with Crippen LogP contribution in [0.4, 0.5) is 0 Å². The SMILES string of the molecule is Cn1ccc(CC(O)C2(C)CCCC2)n1. The molecule has 1 aliphatic carbocycles. The van der Waals surface area contributed by atoms with E-state index < -0.39 is 0 Å². The second-order valence-corrected chi connectivity index (χ2v) is 5.06. The third-order valence-corrected chi connectivity index (χ3v) is 3.72. The third-order valence-electron chi connectivity index (χ3n) is 3.72. The summed E-state index contributed by atoms with van der Waals surface area (Å²) in [5, 5.41) is 14.5. The number of hydrogen-bond acceptors (Lipinski definition) is 2. The summed E-state index contributed by atoms with van der Waals surface area (Å²) in [5.74, 6) is 0. The number of aliphatic hydroxyl groups is 1. The molecule has 1 N–H and O–H groups in total. The molecule has 0 spiro atoms. The van der Waals surface area contributed by atoms with Crippen molar-refractivity contribution in [2.45, 2.75) is 45.1 Å². The van der Waals surface area contributed by atoms with Crippen molar-refractivity contribution in [1.82, 2.24) is 9.78 Å². The Morgan fingerprint density at radius 1 is 1.53 bits per heavy atom. The van der Waals surface area contributed by atoms with Crippen molar-refractivity contribution in [1.29, 1.82) is 0 Å². The van der Waals surface area contributed by atoms with Crippen LogP contribution < -0.4 is 0 Å². The second kappa shape index (κ2) is 3.97. The highest BCUT2D eigenvalue weighted by molar-refractivity contribution is 5.03. The van der Waals surface area contributed by atoms with E-state index in [2.05, 4.69) is 12.0 Å². The van der Waals surface area contributed by atoms with Crippen molar-refractivity contribution >= 4 is 0 Å². The molecule has 1 unspecified atom stereocenters. The van der Waals surface area contributed by atoms with Crippen LogP contribution >= 0.6 is 0 Å². The van der Waals surface area contributed by atoms with Crippen molar-refractivity contribution < 1.29 is 5.11 Å². The fourth-order valence-corrected chi connectivity index (χ4v) is 2.53. The van der Waals surface area contributed by atoms with Crippen LogP contribution in [0.25, 0.3) is 0 Å². The number of aromatic nitrogens is 2. The van der Waals surface area contributed by atoms with Crippen LogP contribution in [0.5, 0.6) is 0 Å². The average Bonchev–Trinajstić information content (AvgIpc) is 2.76. The van der Waals surface area contributed by atoms with Gasteiger partial charge in [-0.1, -0.05) is 19.8 Å². The number of nitrogens with zero attached hydrogens (tertiary/aromatic N) is 2. The molecule has 1 atom stereocenters. The Labute approximate surface area is 91.1 Å². The third kappa shape index (κ3) is 2.23. The molecule has 0 amide bonds. The lowest BCUT2D eigenvalue weighted by Gasteiger charge is -2.29. The molecule has 1 aromatic heterocycles. The van der Waals surface area contributed by atoms with E-state index in [9.17, 15) is 5.11 Å². The predicted molar refractivity (Wildman–Crippen MR) is 59.5 cm³/mol. The fraction of sp³-hybridized carbons (Fsp3) is 0.750. The van der Waals surface area contributed by atoms with E-state index in [-0.39, 0.29) is 11.5 Å². The summed E-state index contributed by atoms with van der Waals surface area (Å²) in [7, 11) is 1.91. The highest BCUT2D eigenvalue weighted by atomic mass is 16.3. The number of aryl methyl sites for hydroxylation is 1. The van der Waals surface area contributed by atoms with Crippen LogP contribution in [0.3, 0.4) is 0 Å². The van der Waals surface area contributed by atoms with Gasteiger partial charge in [0.2, 0.25) is 0 Å². The maximum atomic E-state index is 10.2. The average molecular weight is 208 g/mol. The molecule has 1 heterocycles. The second-order valence-electron chi connectivity index (χ2n) is 5.06. The molecule has 0 bridgehead atoms. The maximum Gasteiger partial charge on any atom is 0.0650 e. The lowest BCUT2D eigenvalue weighted by molar-refractivity contribution is 0.0415. The first-order valence-electron chi connectivity index (χ1n) is 5.77. The Balaban J connectivity index is 1.99. The minimum atomic E-state index is -0.241. The Morgan fingerprint density at radius 2 is 2.20 bits per heavy atom. The zero-order chi connectivity index (χ0) is 10.9. The number of rotatable bonds is 3. The molecule has 0 aromatic carbocycles. The van der Waals surface area contributed by atoms with Crippen LogP contribution in [0, 0.1) is 5.41 Å². The highest BCUT2D eigenvalue weighted by Crippen LogP contribution is 2.41. The van der Waals surface area contributed by atoms with Crippen LogP contribution in [0.15, 0.2) is 12.3 Å². The molecule has 0 radical (unpaired) electrons. The van der Waals surface area contributed by atoms with Crippen molar-refractivity contribution in [3.63, 3.8) is 0 Å². The van der Waals surface area contributed by atoms with Gasteiger partial charge in [-0.15, -0.1) is 0 Å². The molecule has 1 fully saturated rings. The van der Waals surface area contributed by atoms with Crippen molar-refractivity contribution in [3.8, 4) is 0 Å². The van der Waals surface area contributed by atoms with Crippen molar-refractivity contribution in [3.05, 3.63) is 18.0 Å². The van der Waals surface area contributed by atoms with Gasteiger partial charge in [0.1, 0.15) is 0 Å². The van der Waals surface area contributed by atoms with Gasteiger partial charge in [0.25, 0.3) is 0 Å². The molecule has 1 aromatic rings. The van der Waals surface area contributed by atoms with Gasteiger partial charge >= 0.3 is 0 Å². The lowest BCUT2D eigenvalue weighted by atomic mass is 9.80. The van der Waals surface area contributed by atoms with Gasteiger partial charge in [-0.2, -0.15) is 5.10 Å². The summed E-state index contributed by atoms with van der Waals surface area (Å²) in [5.41, 5.74) is 1.12.